The molecule has 0 N–H and O–H groups in total. The van der Waals surface area contributed by atoms with E-state index in [0.29, 0.717) is 31.5 Å². The van der Waals surface area contributed by atoms with Crippen molar-refractivity contribution in [1.82, 2.24) is 4.90 Å². The van der Waals surface area contributed by atoms with E-state index in [1.54, 1.807) is 0 Å². The molecule has 1 aromatic rings. The molecule has 2 heterocycles. The number of carbonyl (C=O) groups is 1. The Morgan fingerprint density at radius 1 is 1.19 bits per heavy atom. The van der Waals surface area contributed by atoms with Gasteiger partial charge in [-0.2, -0.15) is 0 Å². The van der Waals surface area contributed by atoms with Gasteiger partial charge in [-0.25, -0.2) is 0 Å². The van der Waals surface area contributed by atoms with Crippen LogP contribution in [0, 0.1) is 5.92 Å². The molecule has 142 valence electrons. The van der Waals surface area contributed by atoms with Crippen LogP contribution < -0.4 is 9.47 Å². The monoisotopic (exact) mass is 357 g/mol. The molecule has 3 aliphatic rings. The van der Waals surface area contributed by atoms with Crippen LogP contribution in [0.3, 0.4) is 0 Å². The zero-order chi connectivity index (χ0) is 18.3. The van der Waals surface area contributed by atoms with Gasteiger partial charge in [-0.1, -0.05) is 26.7 Å². The Bertz CT molecular complexity index is 691. The molecule has 0 bridgehead atoms. The molecule has 1 fully saturated rings. The second-order valence-electron chi connectivity index (χ2n) is 8.70. The lowest BCUT2D eigenvalue weighted by Gasteiger charge is -2.46. The number of hydrogen-bond acceptors (Lipinski definition) is 3. The van der Waals surface area contributed by atoms with Crippen LogP contribution in [-0.4, -0.2) is 30.6 Å². The molecule has 1 aromatic carbocycles. The predicted octanol–water partition coefficient (Wildman–Crippen LogP) is 4.61. The minimum Gasteiger partial charge on any atom is -0.486 e. The SMILES string of the molecule is CC(C)CCC(=O)N1CC2(CCCC2)c2cc3c(cc2C1C)OCCO3. The Morgan fingerprint density at radius 2 is 1.85 bits per heavy atom. The summed E-state index contributed by atoms with van der Waals surface area (Å²) in [5.74, 6) is 2.59. The lowest BCUT2D eigenvalue weighted by molar-refractivity contribution is -0.135. The summed E-state index contributed by atoms with van der Waals surface area (Å²) in [4.78, 5) is 15.2. The first-order chi connectivity index (χ1) is 12.5. The molecule has 0 aromatic heterocycles. The molecule has 1 atom stereocenters. The Morgan fingerprint density at radius 3 is 2.50 bits per heavy atom. The maximum Gasteiger partial charge on any atom is 0.223 e. The minimum atomic E-state index is 0.102. The van der Waals surface area contributed by atoms with Crippen molar-refractivity contribution in [3.63, 3.8) is 0 Å². The minimum absolute atomic E-state index is 0.102. The van der Waals surface area contributed by atoms with Gasteiger partial charge >= 0.3 is 0 Å². The average Bonchev–Trinajstić information content (AvgIpc) is 3.11. The molecule has 1 saturated carbocycles. The molecule has 1 amide bonds. The van der Waals surface area contributed by atoms with Gasteiger partial charge in [0, 0.05) is 18.4 Å². The van der Waals surface area contributed by atoms with Gasteiger partial charge in [0.05, 0.1) is 6.04 Å². The van der Waals surface area contributed by atoms with E-state index in [2.05, 4.69) is 37.8 Å². The Labute approximate surface area is 156 Å². The van der Waals surface area contributed by atoms with Crippen molar-refractivity contribution in [3.05, 3.63) is 23.3 Å². The van der Waals surface area contributed by atoms with Crippen LogP contribution >= 0.6 is 0 Å². The molecule has 1 unspecified atom stereocenters. The topological polar surface area (TPSA) is 38.8 Å². The Hall–Kier alpha value is -1.71. The van der Waals surface area contributed by atoms with Crippen molar-refractivity contribution < 1.29 is 14.3 Å². The summed E-state index contributed by atoms with van der Waals surface area (Å²) in [6.07, 6.45) is 6.44. The highest BCUT2D eigenvalue weighted by molar-refractivity contribution is 5.77. The van der Waals surface area contributed by atoms with Gasteiger partial charge in [-0.15, -0.1) is 0 Å². The van der Waals surface area contributed by atoms with Gasteiger partial charge in [0.2, 0.25) is 5.91 Å². The molecular formula is C22H31NO3. The van der Waals surface area contributed by atoms with E-state index >= 15 is 0 Å². The number of nitrogens with zero attached hydrogens (tertiary/aromatic N) is 1. The van der Waals surface area contributed by atoms with Crippen LogP contribution in [0.1, 0.15) is 76.5 Å². The Balaban J connectivity index is 1.72. The quantitative estimate of drug-likeness (QED) is 0.793. The standard InChI is InChI=1S/C22H31NO3/c1-15(2)6-7-21(24)23-14-22(8-4-5-9-22)18-13-20-19(25-10-11-26-20)12-17(18)16(23)3/h12-13,15-16H,4-11,14H2,1-3H3. The van der Waals surface area contributed by atoms with Crippen LogP contribution in [0.15, 0.2) is 12.1 Å². The fourth-order valence-electron chi connectivity index (χ4n) is 4.96. The molecule has 4 heteroatoms. The third-order valence-electron chi connectivity index (χ3n) is 6.49. The number of rotatable bonds is 3. The van der Waals surface area contributed by atoms with Gasteiger partial charge in [0.1, 0.15) is 13.2 Å². The molecule has 0 radical (unpaired) electrons. The largest absolute Gasteiger partial charge is 0.486 e. The third-order valence-corrected chi connectivity index (χ3v) is 6.49. The van der Waals surface area contributed by atoms with Crippen molar-refractivity contribution in [3.8, 4) is 11.5 Å². The highest BCUT2D eigenvalue weighted by Crippen LogP contribution is 2.52. The van der Waals surface area contributed by atoms with Gasteiger partial charge in [0.15, 0.2) is 11.5 Å². The van der Waals surface area contributed by atoms with Crippen molar-refractivity contribution >= 4 is 5.91 Å². The van der Waals surface area contributed by atoms with Gasteiger partial charge in [-0.05, 0) is 55.4 Å². The molecule has 4 nitrogen and oxygen atoms in total. The second-order valence-corrected chi connectivity index (χ2v) is 8.70. The number of amides is 1. The summed E-state index contributed by atoms with van der Waals surface area (Å²) in [6, 6.07) is 4.48. The molecule has 0 saturated heterocycles. The summed E-state index contributed by atoms with van der Waals surface area (Å²) >= 11 is 0. The lowest BCUT2D eigenvalue weighted by atomic mass is 9.71. The van der Waals surface area contributed by atoms with Crippen LogP contribution in [0.2, 0.25) is 0 Å². The smallest absolute Gasteiger partial charge is 0.223 e. The van der Waals surface area contributed by atoms with Crippen LogP contribution in [0.5, 0.6) is 11.5 Å². The zero-order valence-electron chi connectivity index (χ0n) is 16.3. The van der Waals surface area contributed by atoms with Crippen LogP contribution in [-0.2, 0) is 10.2 Å². The number of fused-ring (bicyclic) bond motifs is 3. The highest BCUT2D eigenvalue weighted by atomic mass is 16.6. The summed E-state index contributed by atoms with van der Waals surface area (Å²) < 4.78 is 11.7. The fraction of sp³-hybridized carbons (Fsp3) is 0.682. The number of ether oxygens (including phenoxy) is 2. The summed E-state index contributed by atoms with van der Waals surface area (Å²) in [6.45, 7) is 8.62. The maximum absolute atomic E-state index is 13.0. The summed E-state index contributed by atoms with van der Waals surface area (Å²) in [7, 11) is 0. The van der Waals surface area contributed by atoms with E-state index < -0.39 is 0 Å². The highest BCUT2D eigenvalue weighted by Gasteiger charge is 2.46. The van der Waals surface area contributed by atoms with Crippen LogP contribution in [0.4, 0.5) is 0 Å². The van der Waals surface area contributed by atoms with Gasteiger partial charge in [-0.3, -0.25) is 4.79 Å². The first-order valence-electron chi connectivity index (χ1n) is 10.2. The fourth-order valence-corrected chi connectivity index (χ4v) is 4.96. The van der Waals surface area contributed by atoms with E-state index in [-0.39, 0.29) is 11.5 Å². The van der Waals surface area contributed by atoms with E-state index in [4.69, 9.17) is 9.47 Å². The number of benzene rings is 1. The molecule has 4 rings (SSSR count). The second kappa shape index (κ2) is 6.79. The molecule has 2 aliphatic heterocycles. The number of hydrogen-bond donors (Lipinski definition) is 0. The van der Waals surface area contributed by atoms with Gasteiger partial charge < -0.3 is 14.4 Å². The first-order valence-corrected chi connectivity index (χ1v) is 10.2. The normalized spacial score (nSPS) is 23.4. The summed E-state index contributed by atoms with van der Waals surface area (Å²) in [5, 5.41) is 0. The maximum atomic E-state index is 13.0. The van der Waals surface area contributed by atoms with Crippen molar-refractivity contribution in [2.45, 2.75) is 70.8 Å². The molecular weight excluding hydrogens is 326 g/mol. The van der Waals surface area contributed by atoms with Crippen LogP contribution in [0.25, 0.3) is 0 Å². The number of carbonyl (C=O) groups excluding carboxylic acids is 1. The van der Waals surface area contributed by atoms with Crippen molar-refractivity contribution in [2.75, 3.05) is 19.8 Å². The molecule has 1 aliphatic carbocycles. The molecule has 26 heavy (non-hydrogen) atoms. The van der Waals surface area contributed by atoms with Crippen molar-refractivity contribution in [2.24, 2.45) is 5.92 Å². The average molecular weight is 357 g/mol. The molecule has 1 spiro atoms. The lowest BCUT2D eigenvalue weighted by Crippen LogP contribution is -2.48. The van der Waals surface area contributed by atoms with E-state index in [9.17, 15) is 4.79 Å². The van der Waals surface area contributed by atoms with E-state index in [1.165, 1.54) is 36.8 Å². The van der Waals surface area contributed by atoms with E-state index in [1.807, 2.05) is 0 Å². The zero-order valence-corrected chi connectivity index (χ0v) is 16.3. The Kier molecular flexibility index (Phi) is 4.62. The van der Waals surface area contributed by atoms with E-state index in [0.717, 1.165) is 24.5 Å². The third kappa shape index (κ3) is 2.97. The van der Waals surface area contributed by atoms with Crippen molar-refractivity contribution in [1.29, 1.82) is 0 Å². The van der Waals surface area contributed by atoms with Gasteiger partial charge in [0.25, 0.3) is 0 Å². The predicted molar refractivity (Wildman–Crippen MR) is 102 cm³/mol. The first kappa shape index (κ1) is 17.7. The summed E-state index contributed by atoms with van der Waals surface area (Å²) in [5.41, 5.74) is 2.77.